The summed E-state index contributed by atoms with van der Waals surface area (Å²) in [6.07, 6.45) is 5.76. The SMILES string of the molecule is CC(C)[C@H]1C(=O)N(S(C)(=O)=O)C2=CCN(C(=O)c3cnc(CN4CCN(C)CC4)cn3)[C@@H]21. The zero-order valence-electron chi connectivity index (χ0n) is 18.9. The number of hydrogen-bond acceptors (Lipinski definition) is 8. The van der Waals surface area contributed by atoms with Gasteiger partial charge in [0.1, 0.15) is 5.69 Å². The van der Waals surface area contributed by atoms with Crippen molar-refractivity contribution in [1.82, 2.24) is 29.0 Å². The third kappa shape index (κ3) is 4.16. The molecule has 4 rings (SSSR count). The molecule has 0 unspecified atom stereocenters. The second-order valence-electron chi connectivity index (χ2n) is 9.14. The van der Waals surface area contributed by atoms with Gasteiger partial charge in [-0.15, -0.1) is 0 Å². The molecule has 2 fully saturated rings. The van der Waals surface area contributed by atoms with Crippen molar-refractivity contribution in [3.63, 3.8) is 0 Å². The maximum Gasteiger partial charge on any atom is 0.274 e. The van der Waals surface area contributed by atoms with Crippen molar-refractivity contribution >= 4 is 21.8 Å². The third-order valence-electron chi connectivity index (χ3n) is 6.41. The van der Waals surface area contributed by atoms with Gasteiger partial charge in [0.05, 0.1) is 42.0 Å². The number of fused-ring (bicyclic) bond motifs is 1. The summed E-state index contributed by atoms with van der Waals surface area (Å²) in [7, 11) is -1.66. The molecule has 2 atom stereocenters. The maximum atomic E-state index is 13.3. The molecule has 10 nitrogen and oxygen atoms in total. The first kappa shape index (κ1) is 22.8. The molecule has 0 radical (unpaired) electrons. The van der Waals surface area contributed by atoms with Crippen LogP contribution in [-0.4, -0.2) is 101 Å². The van der Waals surface area contributed by atoms with Gasteiger partial charge in [-0.1, -0.05) is 13.8 Å². The lowest BCUT2D eigenvalue weighted by Gasteiger charge is -2.32. The molecule has 0 aliphatic carbocycles. The van der Waals surface area contributed by atoms with Gasteiger partial charge in [0.2, 0.25) is 15.9 Å². The normalized spacial score (nSPS) is 24.9. The van der Waals surface area contributed by atoms with Crippen LogP contribution in [-0.2, 0) is 21.4 Å². The van der Waals surface area contributed by atoms with E-state index in [4.69, 9.17) is 0 Å². The van der Waals surface area contributed by atoms with E-state index in [0.717, 1.165) is 42.4 Å². The van der Waals surface area contributed by atoms with Crippen LogP contribution in [0.2, 0.25) is 0 Å². The van der Waals surface area contributed by atoms with Crippen molar-refractivity contribution < 1.29 is 18.0 Å². The molecule has 0 saturated carbocycles. The number of carbonyl (C=O) groups is 2. The molecule has 4 heterocycles. The summed E-state index contributed by atoms with van der Waals surface area (Å²) in [5.41, 5.74) is 1.35. The minimum absolute atomic E-state index is 0.131. The highest BCUT2D eigenvalue weighted by Gasteiger charge is 2.54. The number of sulfonamides is 1. The first-order valence-corrected chi connectivity index (χ1v) is 12.7. The molecule has 11 heteroatoms. The molecule has 1 aromatic rings. The number of rotatable bonds is 5. The Balaban J connectivity index is 1.51. The lowest BCUT2D eigenvalue weighted by molar-refractivity contribution is -0.128. The number of carbonyl (C=O) groups excluding carboxylic acids is 2. The summed E-state index contributed by atoms with van der Waals surface area (Å²) >= 11 is 0. The van der Waals surface area contributed by atoms with Gasteiger partial charge in [-0.25, -0.2) is 17.7 Å². The molecule has 1 aromatic heterocycles. The number of hydrogen-bond donors (Lipinski definition) is 0. The van der Waals surface area contributed by atoms with Crippen molar-refractivity contribution in [2.24, 2.45) is 11.8 Å². The smallest absolute Gasteiger partial charge is 0.274 e. The first-order valence-electron chi connectivity index (χ1n) is 10.8. The second kappa shape index (κ2) is 8.53. The van der Waals surface area contributed by atoms with E-state index in [0.29, 0.717) is 12.2 Å². The monoisotopic (exact) mass is 462 g/mol. The van der Waals surface area contributed by atoms with Gasteiger partial charge in [0.15, 0.2) is 0 Å². The summed E-state index contributed by atoms with van der Waals surface area (Å²) in [4.78, 5) is 41.1. The zero-order valence-corrected chi connectivity index (χ0v) is 19.7. The number of amides is 2. The van der Waals surface area contributed by atoms with E-state index in [9.17, 15) is 18.0 Å². The number of aromatic nitrogens is 2. The molecule has 0 aromatic carbocycles. The van der Waals surface area contributed by atoms with Crippen LogP contribution in [0.3, 0.4) is 0 Å². The van der Waals surface area contributed by atoms with Crippen LogP contribution < -0.4 is 0 Å². The predicted molar refractivity (Wildman–Crippen MR) is 118 cm³/mol. The summed E-state index contributed by atoms with van der Waals surface area (Å²) in [6.45, 7) is 8.58. The van der Waals surface area contributed by atoms with E-state index in [-0.39, 0.29) is 24.1 Å². The van der Waals surface area contributed by atoms with Gasteiger partial charge in [-0.05, 0) is 19.0 Å². The summed E-state index contributed by atoms with van der Waals surface area (Å²) in [5, 5.41) is 0. The quantitative estimate of drug-likeness (QED) is 0.602. The van der Waals surface area contributed by atoms with Crippen LogP contribution in [0.1, 0.15) is 30.0 Å². The molecular weight excluding hydrogens is 432 g/mol. The Hall–Kier alpha value is -2.37. The Kier molecular flexibility index (Phi) is 6.08. The summed E-state index contributed by atoms with van der Waals surface area (Å²) in [5.74, 6) is -1.58. The molecule has 0 bridgehead atoms. The fourth-order valence-corrected chi connectivity index (χ4v) is 5.72. The Morgan fingerprint density at radius 1 is 1.16 bits per heavy atom. The average Bonchev–Trinajstić information content (AvgIpc) is 3.25. The molecular formula is C21H30N6O4S. The van der Waals surface area contributed by atoms with E-state index < -0.39 is 27.9 Å². The van der Waals surface area contributed by atoms with E-state index in [1.165, 1.54) is 11.1 Å². The van der Waals surface area contributed by atoms with E-state index in [2.05, 4.69) is 26.8 Å². The Morgan fingerprint density at radius 2 is 1.84 bits per heavy atom. The van der Waals surface area contributed by atoms with Crippen molar-refractivity contribution in [2.75, 3.05) is 46.0 Å². The van der Waals surface area contributed by atoms with E-state index >= 15 is 0 Å². The van der Waals surface area contributed by atoms with Crippen molar-refractivity contribution in [1.29, 1.82) is 0 Å². The number of nitrogens with zero attached hydrogens (tertiary/aromatic N) is 6. The lowest BCUT2D eigenvalue weighted by atomic mass is 9.89. The van der Waals surface area contributed by atoms with Crippen molar-refractivity contribution in [3.8, 4) is 0 Å². The van der Waals surface area contributed by atoms with Gasteiger partial charge in [0, 0.05) is 39.3 Å². The molecule has 174 valence electrons. The molecule has 3 aliphatic rings. The molecule has 32 heavy (non-hydrogen) atoms. The highest BCUT2D eigenvalue weighted by molar-refractivity contribution is 7.89. The van der Waals surface area contributed by atoms with Crippen LogP contribution in [0.25, 0.3) is 0 Å². The first-order chi connectivity index (χ1) is 15.1. The van der Waals surface area contributed by atoms with Crippen LogP contribution in [0.5, 0.6) is 0 Å². The highest BCUT2D eigenvalue weighted by atomic mass is 32.2. The molecule has 3 aliphatic heterocycles. The number of likely N-dealkylation sites (N-methyl/N-ethyl adjacent to an activating group) is 1. The van der Waals surface area contributed by atoms with Crippen LogP contribution in [0.15, 0.2) is 24.2 Å². The Labute approximate surface area is 188 Å². The van der Waals surface area contributed by atoms with Gasteiger partial charge in [-0.2, -0.15) is 0 Å². The van der Waals surface area contributed by atoms with Gasteiger partial charge < -0.3 is 9.80 Å². The van der Waals surface area contributed by atoms with Crippen LogP contribution >= 0.6 is 0 Å². The minimum Gasteiger partial charge on any atom is -0.324 e. The van der Waals surface area contributed by atoms with Crippen molar-refractivity contribution in [2.45, 2.75) is 26.4 Å². The fraction of sp³-hybridized carbons (Fsp3) is 0.619. The lowest BCUT2D eigenvalue weighted by Crippen LogP contribution is -2.44. The third-order valence-corrected chi connectivity index (χ3v) is 7.47. The second-order valence-corrected chi connectivity index (χ2v) is 11.0. The van der Waals surface area contributed by atoms with E-state index in [1.54, 1.807) is 12.3 Å². The molecule has 2 amide bonds. The standard InChI is InChI=1S/C21H30N6O4S/c1-14(2)18-19-17(27(21(18)29)32(4,30)31)5-6-26(19)20(28)16-12-22-15(11-23-16)13-25-9-7-24(3)8-10-25/h5,11-12,14,18-19H,6-10,13H2,1-4H3/t18-,19+/m1/s1. The fourth-order valence-electron chi connectivity index (χ4n) is 4.71. The van der Waals surface area contributed by atoms with Gasteiger partial charge >= 0.3 is 0 Å². The Bertz CT molecular complexity index is 1030. The molecule has 0 N–H and O–H groups in total. The molecule has 2 saturated heterocycles. The predicted octanol–water partition coefficient (Wildman–Crippen LogP) is 0.00630. The largest absolute Gasteiger partial charge is 0.324 e. The van der Waals surface area contributed by atoms with Crippen molar-refractivity contribution in [3.05, 3.63) is 35.6 Å². The highest BCUT2D eigenvalue weighted by Crippen LogP contribution is 2.41. The topological polar surface area (TPSA) is 107 Å². The maximum absolute atomic E-state index is 13.3. The summed E-state index contributed by atoms with van der Waals surface area (Å²) in [6, 6.07) is -0.614. The number of piperazine rings is 1. The average molecular weight is 463 g/mol. The zero-order chi connectivity index (χ0) is 23.2. The minimum atomic E-state index is -3.77. The van der Waals surface area contributed by atoms with Crippen LogP contribution in [0, 0.1) is 11.8 Å². The van der Waals surface area contributed by atoms with Gasteiger partial charge in [0.25, 0.3) is 5.91 Å². The Morgan fingerprint density at radius 3 is 2.41 bits per heavy atom. The summed E-state index contributed by atoms with van der Waals surface area (Å²) < 4.78 is 25.4. The van der Waals surface area contributed by atoms with Gasteiger partial charge in [-0.3, -0.25) is 19.5 Å². The van der Waals surface area contributed by atoms with Crippen LogP contribution in [0.4, 0.5) is 0 Å². The van der Waals surface area contributed by atoms with E-state index in [1.807, 2.05) is 13.8 Å². The molecule has 0 spiro atoms.